The first-order chi connectivity index (χ1) is 16.2. The van der Waals surface area contributed by atoms with Crippen LogP contribution in [0.15, 0.2) is 83.8 Å². The second kappa shape index (κ2) is 11.2. The lowest BCUT2D eigenvalue weighted by atomic mass is 9.97. The van der Waals surface area contributed by atoms with E-state index < -0.39 is 28.3 Å². The lowest BCUT2D eigenvalue weighted by Gasteiger charge is -2.26. The molecule has 3 aromatic carbocycles. The number of nitrogens with one attached hydrogen (secondary N) is 1. The second-order valence-electron chi connectivity index (χ2n) is 8.32. The van der Waals surface area contributed by atoms with Crippen molar-refractivity contribution in [3.63, 3.8) is 0 Å². The maximum Gasteiger partial charge on any atom is 0.264 e. The number of anilines is 1. The highest BCUT2D eigenvalue weighted by atomic mass is 32.2. The smallest absolute Gasteiger partial charge is 0.264 e. The van der Waals surface area contributed by atoms with E-state index in [1.807, 2.05) is 30.3 Å². The van der Waals surface area contributed by atoms with Gasteiger partial charge in [0.1, 0.15) is 18.1 Å². The highest BCUT2D eigenvalue weighted by Gasteiger charge is 2.28. The van der Waals surface area contributed by atoms with E-state index in [1.165, 1.54) is 43.5 Å². The van der Waals surface area contributed by atoms with Crippen molar-refractivity contribution in [2.75, 3.05) is 18.0 Å². The minimum absolute atomic E-state index is 0.00721. The molecule has 0 aliphatic rings. The molecule has 1 atom stereocenters. The third-order valence-corrected chi connectivity index (χ3v) is 7.08. The molecule has 0 aromatic heterocycles. The SMILES string of the molecule is COc1ccc(S(=O)(=O)N(CC(=O)N[C@H](CC(C)C)c2ccccc2)c2ccc(F)cc2)cc1. The van der Waals surface area contributed by atoms with Gasteiger partial charge in [-0.05, 0) is 66.4 Å². The monoisotopic (exact) mass is 484 g/mol. The summed E-state index contributed by atoms with van der Waals surface area (Å²) in [7, 11) is -2.63. The molecule has 0 aliphatic heterocycles. The summed E-state index contributed by atoms with van der Waals surface area (Å²) in [6, 6.07) is 20.2. The van der Waals surface area contributed by atoms with Crippen LogP contribution in [0.4, 0.5) is 10.1 Å². The molecule has 34 heavy (non-hydrogen) atoms. The fourth-order valence-electron chi connectivity index (χ4n) is 3.60. The van der Waals surface area contributed by atoms with E-state index in [0.29, 0.717) is 18.1 Å². The van der Waals surface area contributed by atoms with Gasteiger partial charge in [-0.2, -0.15) is 0 Å². The van der Waals surface area contributed by atoms with Crippen LogP contribution in [0, 0.1) is 11.7 Å². The summed E-state index contributed by atoms with van der Waals surface area (Å²) in [6.45, 7) is 3.66. The fourth-order valence-corrected chi connectivity index (χ4v) is 5.02. The molecule has 0 unspecified atom stereocenters. The maximum absolute atomic E-state index is 13.5. The third-order valence-electron chi connectivity index (χ3n) is 5.29. The van der Waals surface area contributed by atoms with E-state index in [4.69, 9.17) is 4.74 Å². The maximum atomic E-state index is 13.5. The van der Waals surface area contributed by atoms with Gasteiger partial charge in [0.05, 0.1) is 23.7 Å². The standard InChI is InChI=1S/C26H29FN2O4S/c1-19(2)17-25(20-7-5-4-6-8-20)28-26(30)18-29(22-11-9-21(27)10-12-22)34(31,32)24-15-13-23(33-3)14-16-24/h4-16,19,25H,17-18H2,1-3H3,(H,28,30)/t25-/m1/s1. The molecule has 1 N–H and O–H groups in total. The highest BCUT2D eigenvalue weighted by Crippen LogP contribution is 2.26. The van der Waals surface area contributed by atoms with Crippen LogP contribution in [0.3, 0.4) is 0 Å². The number of amides is 1. The van der Waals surface area contributed by atoms with Crippen molar-refractivity contribution in [1.82, 2.24) is 5.32 Å². The number of benzene rings is 3. The molecule has 0 spiro atoms. The summed E-state index contributed by atoms with van der Waals surface area (Å²) in [5.74, 6) is -0.155. The summed E-state index contributed by atoms with van der Waals surface area (Å²) in [6.07, 6.45) is 0.692. The van der Waals surface area contributed by atoms with E-state index in [2.05, 4.69) is 19.2 Å². The zero-order chi connectivity index (χ0) is 24.7. The first-order valence-corrected chi connectivity index (χ1v) is 12.4. The van der Waals surface area contributed by atoms with Crippen LogP contribution in [0.2, 0.25) is 0 Å². The number of methoxy groups -OCH3 is 1. The normalized spacial score (nSPS) is 12.3. The molecule has 0 saturated carbocycles. The number of halogens is 1. The Morgan fingerprint density at radius 2 is 1.59 bits per heavy atom. The first-order valence-electron chi connectivity index (χ1n) is 11.0. The lowest BCUT2D eigenvalue weighted by Crippen LogP contribution is -2.42. The largest absolute Gasteiger partial charge is 0.497 e. The van der Waals surface area contributed by atoms with Crippen molar-refractivity contribution in [1.29, 1.82) is 0 Å². The zero-order valence-corrected chi connectivity index (χ0v) is 20.3. The van der Waals surface area contributed by atoms with E-state index in [0.717, 1.165) is 22.0 Å². The molecule has 0 radical (unpaired) electrons. The van der Waals surface area contributed by atoms with E-state index in [9.17, 15) is 17.6 Å². The van der Waals surface area contributed by atoms with Crippen molar-refractivity contribution < 1.29 is 22.3 Å². The van der Waals surface area contributed by atoms with Crippen molar-refractivity contribution in [3.8, 4) is 5.75 Å². The lowest BCUT2D eigenvalue weighted by molar-refractivity contribution is -0.120. The topological polar surface area (TPSA) is 75.7 Å². The Kier molecular flexibility index (Phi) is 8.28. The molecule has 0 bridgehead atoms. The Morgan fingerprint density at radius 1 is 0.971 bits per heavy atom. The average Bonchev–Trinajstić information content (AvgIpc) is 2.83. The van der Waals surface area contributed by atoms with Crippen LogP contribution in [0.1, 0.15) is 31.9 Å². The van der Waals surface area contributed by atoms with Crippen LogP contribution < -0.4 is 14.4 Å². The van der Waals surface area contributed by atoms with Gasteiger partial charge in [-0.15, -0.1) is 0 Å². The molecular weight excluding hydrogens is 455 g/mol. The molecule has 0 fully saturated rings. The van der Waals surface area contributed by atoms with Gasteiger partial charge in [-0.25, -0.2) is 12.8 Å². The molecule has 3 rings (SSSR count). The van der Waals surface area contributed by atoms with Gasteiger partial charge in [-0.1, -0.05) is 44.2 Å². The molecule has 0 heterocycles. The molecule has 1 amide bonds. The van der Waals surface area contributed by atoms with Crippen LogP contribution in [0.25, 0.3) is 0 Å². The third kappa shape index (κ3) is 6.35. The van der Waals surface area contributed by atoms with Crippen LogP contribution in [0.5, 0.6) is 5.75 Å². The molecule has 3 aromatic rings. The summed E-state index contributed by atoms with van der Waals surface area (Å²) < 4.78 is 46.6. The quantitative estimate of drug-likeness (QED) is 0.443. The van der Waals surface area contributed by atoms with Gasteiger partial charge in [-0.3, -0.25) is 9.10 Å². The number of carbonyl (C=O) groups is 1. The number of hydrogen-bond acceptors (Lipinski definition) is 4. The average molecular weight is 485 g/mol. The summed E-state index contributed by atoms with van der Waals surface area (Å²) >= 11 is 0. The number of ether oxygens (including phenoxy) is 1. The second-order valence-corrected chi connectivity index (χ2v) is 10.2. The number of rotatable bonds is 10. The molecular formula is C26H29FN2O4S. The van der Waals surface area contributed by atoms with Crippen molar-refractivity contribution in [2.45, 2.75) is 31.2 Å². The fraction of sp³-hybridized carbons (Fsp3) is 0.269. The van der Waals surface area contributed by atoms with Crippen LogP contribution in [-0.2, 0) is 14.8 Å². The highest BCUT2D eigenvalue weighted by molar-refractivity contribution is 7.92. The van der Waals surface area contributed by atoms with E-state index in [1.54, 1.807) is 0 Å². The Morgan fingerprint density at radius 3 is 2.15 bits per heavy atom. The molecule has 8 heteroatoms. The van der Waals surface area contributed by atoms with Gasteiger partial charge in [0, 0.05) is 0 Å². The molecule has 0 aliphatic carbocycles. The van der Waals surface area contributed by atoms with Gasteiger partial charge in [0.2, 0.25) is 5.91 Å². The van der Waals surface area contributed by atoms with Crippen LogP contribution in [-0.4, -0.2) is 28.0 Å². The molecule has 180 valence electrons. The first kappa shape index (κ1) is 25.2. The Bertz CT molecular complexity index is 1180. The zero-order valence-electron chi connectivity index (χ0n) is 19.4. The number of carbonyl (C=O) groups excluding carboxylic acids is 1. The number of nitrogens with zero attached hydrogens (tertiary/aromatic N) is 1. The Labute approximate surface area is 200 Å². The predicted octanol–water partition coefficient (Wildman–Crippen LogP) is 4.93. The summed E-state index contributed by atoms with van der Waals surface area (Å²) in [5.41, 5.74) is 1.13. The van der Waals surface area contributed by atoms with E-state index >= 15 is 0 Å². The van der Waals surface area contributed by atoms with Crippen LogP contribution >= 0.6 is 0 Å². The van der Waals surface area contributed by atoms with E-state index in [-0.39, 0.29) is 16.6 Å². The predicted molar refractivity (Wildman–Crippen MR) is 131 cm³/mol. The Balaban J connectivity index is 1.91. The summed E-state index contributed by atoms with van der Waals surface area (Å²) in [5, 5.41) is 2.98. The number of hydrogen-bond donors (Lipinski definition) is 1. The molecule has 0 saturated heterocycles. The minimum Gasteiger partial charge on any atom is -0.497 e. The minimum atomic E-state index is -4.12. The summed E-state index contributed by atoms with van der Waals surface area (Å²) in [4.78, 5) is 13.1. The van der Waals surface area contributed by atoms with Crippen molar-refractivity contribution in [2.24, 2.45) is 5.92 Å². The number of sulfonamides is 1. The van der Waals surface area contributed by atoms with Gasteiger partial charge in [0.15, 0.2) is 0 Å². The molecule has 6 nitrogen and oxygen atoms in total. The van der Waals surface area contributed by atoms with Gasteiger partial charge >= 0.3 is 0 Å². The van der Waals surface area contributed by atoms with Gasteiger partial charge in [0.25, 0.3) is 10.0 Å². The van der Waals surface area contributed by atoms with Crippen molar-refractivity contribution in [3.05, 3.63) is 90.2 Å². The van der Waals surface area contributed by atoms with Gasteiger partial charge < -0.3 is 10.1 Å². The van der Waals surface area contributed by atoms with Crippen molar-refractivity contribution >= 4 is 21.6 Å². The Hall–Kier alpha value is -3.39.